The Kier molecular flexibility index (Phi) is 6.37. The van der Waals surface area contributed by atoms with E-state index in [1.54, 1.807) is 6.92 Å². The van der Waals surface area contributed by atoms with Crippen LogP contribution in [0.4, 0.5) is 4.79 Å². The molecule has 0 radical (unpaired) electrons. The predicted octanol–water partition coefficient (Wildman–Crippen LogP) is 3.01. The van der Waals surface area contributed by atoms with Crippen molar-refractivity contribution in [2.24, 2.45) is 0 Å². The van der Waals surface area contributed by atoms with E-state index in [1.807, 2.05) is 36.4 Å². The Morgan fingerprint density at radius 1 is 1.15 bits per heavy atom. The maximum atomic E-state index is 13.0. The van der Waals surface area contributed by atoms with E-state index in [9.17, 15) is 19.5 Å². The molecule has 4 rings (SSSR count). The zero-order valence-corrected chi connectivity index (χ0v) is 18.7. The normalized spacial score (nSPS) is 20.5. The summed E-state index contributed by atoms with van der Waals surface area (Å²) < 4.78 is 10.9. The van der Waals surface area contributed by atoms with Gasteiger partial charge in [0.25, 0.3) is 0 Å². The number of morpholine rings is 1. The minimum atomic E-state index is -1.46. The molecule has 1 aliphatic heterocycles. The second-order valence-corrected chi connectivity index (χ2v) is 8.57. The first-order chi connectivity index (χ1) is 15.8. The standard InChI is InChI=1S/C25H28N2O6/c1-3-21(22(28)27-12-13-33-25(2,15-27)23(29)30)26-24(31)32-14-20-18-10-6-4-8-16(18)17-9-5-7-11-19(17)20/h4-11,20-21H,3,12-15H2,1-2H3,(H,26,31)(H,29,30). The van der Waals surface area contributed by atoms with Gasteiger partial charge in [-0.3, -0.25) is 4.79 Å². The van der Waals surface area contributed by atoms with Crippen molar-refractivity contribution in [2.75, 3.05) is 26.3 Å². The summed E-state index contributed by atoms with van der Waals surface area (Å²) in [5.41, 5.74) is 3.03. The maximum absolute atomic E-state index is 13.0. The molecule has 33 heavy (non-hydrogen) atoms. The number of hydrogen-bond donors (Lipinski definition) is 2. The summed E-state index contributed by atoms with van der Waals surface area (Å²) in [4.78, 5) is 38.5. The number of carboxylic acids is 1. The molecule has 2 amide bonds. The minimum absolute atomic E-state index is 0.0746. The van der Waals surface area contributed by atoms with Crippen LogP contribution in [0.3, 0.4) is 0 Å². The van der Waals surface area contributed by atoms with Gasteiger partial charge in [0.05, 0.1) is 13.2 Å². The molecule has 2 atom stereocenters. The molecule has 8 heteroatoms. The third-order valence-electron chi connectivity index (χ3n) is 6.38. The molecule has 1 saturated heterocycles. The average molecular weight is 453 g/mol. The number of ether oxygens (including phenoxy) is 2. The number of hydrogen-bond acceptors (Lipinski definition) is 5. The summed E-state index contributed by atoms with van der Waals surface area (Å²) >= 11 is 0. The van der Waals surface area contributed by atoms with Gasteiger partial charge < -0.3 is 24.8 Å². The first kappa shape index (κ1) is 22.8. The smallest absolute Gasteiger partial charge is 0.407 e. The lowest BCUT2D eigenvalue weighted by Crippen LogP contribution is -2.59. The van der Waals surface area contributed by atoms with Crippen LogP contribution in [0.15, 0.2) is 48.5 Å². The second-order valence-electron chi connectivity index (χ2n) is 8.57. The summed E-state index contributed by atoms with van der Waals surface area (Å²) in [6.45, 7) is 3.68. The van der Waals surface area contributed by atoms with Gasteiger partial charge in [0.2, 0.25) is 5.91 Å². The summed E-state index contributed by atoms with van der Waals surface area (Å²) in [6.07, 6.45) is -0.323. The van der Waals surface area contributed by atoms with E-state index >= 15 is 0 Å². The van der Waals surface area contributed by atoms with Gasteiger partial charge >= 0.3 is 12.1 Å². The number of benzene rings is 2. The zero-order chi connectivity index (χ0) is 23.6. The molecule has 2 aromatic rings. The van der Waals surface area contributed by atoms with E-state index in [-0.39, 0.29) is 38.1 Å². The van der Waals surface area contributed by atoms with Crippen molar-refractivity contribution >= 4 is 18.0 Å². The van der Waals surface area contributed by atoms with Crippen LogP contribution in [0.2, 0.25) is 0 Å². The van der Waals surface area contributed by atoms with Crippen molar-refractivity contribution in [3.05, 3.63) is 59.7 Å². The Morgan fingerprint density at radius 3 is 2.33 bits per heavy atom. The topological polar surface area (TPSA) is 105 Å². The van der Waals surface area contributed by atoms with Crippen molar-refractivity contribution < 1.29 is 29.0 Å². The molecule has 174 valence electrons. The van der Waals surface area contributed by atoms with E-state index in [4.69, 9.17) is 9.47 Å². The minimum Gasteiger partial charge on any atom is -0.479 e. The van der Waals surface area contributed by atoms with Gasteiger partial charge in [-0.25, -0.2) is 9.59 Å². The SMILES string of the molecule is CCC(NC(=O)OCC1c2ccccc2-c2ccccc21)C(=O)N1CCOC(C)(C(=O)O)C1. The molecule has 0 saturated carbocycles. The number of carbonyl (C=O) groups excluding carboxylic acids is 2. The fourth-order valence-corrected chi connectivity index (χ4v) is 4.53. The summed E-state index contributed by atoms with van der Waals surface area (Å²) in [5.74, 6) is -1.55. The number of carbonyl (C=O) groups is 3. The van der Waals surface area contributed by atoms with Gasteiger partial charge in [0.15, 0.2) is 5.60 Å². The number of nitrogens with zero attached hydrogens (tertiary/aromatic N) is 1. The van der Waals surface area contributed by atoms with E-state index in [0.717, 1.165) is 22.3 Å². The molecule has 2 N–H and O–H groups in total. The lowest BCUT2D eigenvalue weighted by atomic mass is 9.98. The molecule has 1 fully saturated rings. The van der Waals surface area contributed by atoms with Gasteiger partial charge in [0.1, 0.15) is 12.6 Å². The van der Waals surface area contributed by atoms with Crippen LogP contribution < -0.4 is 5.32 Å². The molecule has 2 unspecified atom stereocenters. The monoisotopic (exact) mass is 452 g/mol. The molecule has 0 aromatic heterocycles. The molecule has 8 nitrogen and oxygen atoms in total. The number of aliphatic carboxylic acids is 1. The van der Waals surface area contributed by atoms with Crippen LogP contribution in [-0.2, 0) is 19.1 Å². The van der Waals surface area contributed by atoms with E-state index in [1.165, 1.54) is 11.8 Å². The Labute approximate surface area is 192 Å². The first-order valence-electron chi connectivity index (χ1n) is 11.1. The van der Waals surface area contributed by atoms with Gasteiger partial charge in [-0.2, -0.15) is 0 Å². The Balaban J connectivity index is 1.39. The van der Waals surface area contributed by atoms with Gasteiger partial charge in [0, 0.05) is 12.5 Å². The summed E-state index contributed by atoms with van der Waals surface area (Å²) in [6, 6.07) is 15.3. The molecule has 2 aromatic carbocycles. The average Bonchev–Trinajstić information content (AvgIpc) is 3.14. The zero-order valence-electron chi connectivity index (χ0n) is 18.7. The van der Waals surface area contributed by atoms with Gasteiger partial charge in [-0.05, 0) is 35.6 Å². The van der Waals surface area contributed by atoms with E-state index in [2.05, 4.69) is 17.4 Å². The number of nitrogens with one attached hydrogen (secondary N) is 1. The van der Waals surface area contributed by atoms with Crippen LogP contribution in [0.1, 0.15) is 37.3 Å². The van der Waals surface area contributed by atoms with Crippen molar-refractivity contribution in [1.82, 2.24) is 10.2 Å². The highest BCUT2D eigenvalue weighted by Gasteiger charge is 2.42. The van der Waals surface area contributed by atoms with Crippen molar-refractivity contribution in [2.45, 2.75) is 37.8 Å². The number of amides is 2. The number of rotatable bonds is 6. The van der Waals surface area contributed by atoms with Crippen LogP contribution in [0.5, 0.6) is 0 Å². The maximum Gasteiger partial charge on any atom is 0.407 e. The highest BCUT2D eigenvalue weighted by atomic mass is 16.5. The summed E-state index contributed by atoms with van der Waals surface area (Å²) in [7, 11) is 0. The van der Waals surface area contributed by atoms with Gasteiger partial charge in [-0.1, -0.05) is 55.5 Å². The largest absolute Gasteiger partial charge is 0.479 e. The van der Waals surface area contributed by atoms with Gasteiger partial charge in [-0.15, -0.1) is 0 Å². The van der Waals surface area contributed by atoms with Crippen LogP contribution in [0.25, 0.3) is 11.1 Å². The lowest BCUT2D eigenvalue weighted by molar-refractivity contribution is -0.177. The summed E-state index contributed by atoms with van der Waals surface area (Å²) in [5, 5.41) is 12.1. The van der Waals surface area contributed by atoms with E-state index < -0.39 is 23.7 Å². The Hall–Kier alpha value is -3.39. The Bertz CT molecular complexity index is 1020. The molecular formula is C25H28N2O6. The molecule has 2 aliphatic rings. The number of carboxylic acid groups (broad SMARTS) is 1. The Morgan fingerprint density at radius 2 is 1.76 bits per heavy atom. The third-order valence-corrected chi connectivity index (χ3v) is 6.38. The van der Waals surface area contributed by atoms with Crippen molar-refractivity contribution in [1.29, 1.82) is 0 Å². The number of fused-ring (bicyclic) bond motifs is 3. The van der Waals surface area contributed by atoms with Crippen LogP contribution in [0, 0.1) is 0 Å². The second kappa shape index (κ2) is 9.23. The van der Waals surface area contributed by atoms with E-state index in [0.29, 0.717) is 6.42 Å². The molecule has 0 bridgehead atoms. The quantitative estimate of drug-likeness (QED) is 0.698. The highest BCUT2D eigenvalue weighted by Crippen LogP contribution is 2.44. The third kappa shape index (κ3) is 4.43. The van der Waals surface area contributed by atoms with Crippen LogP contribution in [-0.4, -0.2) is 65.9 Å². The van der Waals surface area contributed by atoms with Crippen molar-refractivity contribution in [3.8, 4) is 11.1 Å². The fourth-order valence-electron chi connectivity index (χ4n) is 4.53. The highest BCUT2D eigenvalue weighted by molar-refractivity contribution is 5.87. The first-order valence-corrected chi connectivity index (χ1v) is 11.1. The molecule has 1 aliphatic carbocycles. The molecule has 1 heterocycles. The molecular weight excluding hydrogens is 424 g/mol. The molecule has 0 spiro atoms. The van der Waals surface area contributed by atoms with Crippen LogP contribution >= 0.6 is 0 Å². The van der Waals surface area contributed by atoms with Crippen molar-refractivity contribution in [3.63, 3.8) is 0 Å². The predicted molar refractivity (Wildman–Crippen MR) is 121 cm³/mol. The number of alkyl carbamates (subject to hydrolysis) is 1. The lowest BCUT2D eigenvalue weighted by Gasteiger charge is -2.38. The fraction of sp³-hybridized carbons (Fsp3) is 0.400.